The quantitative estimate of drug-likeness (QED) is 0.186. The summed E-state index contributed by atoms with van der Waals surface area (Å²) < 4.78 is 13.8. The Morgan fingerprint density at radius 2 is 1.45 bits per heavy atom. The lowest BCUT2D eigenvalue weighted by Gasteiger charge is -2.12. The smallest absolute Gasteiger partial charge is 0.272 e. The number of carbonyl (C=O) groups is 3. The van der Waals surface area contributed by atoms with Crippen molar-refractivity contribution in [1.29, 1.82) is 0 Å². The molecule has 0 aromatic heterocycles. The van der Waals surface area contributed by atoms with Gasteiger partial charge in [-0.1, -0.05) is 66.7 Å². The Kier molecular flexibility index (Phi) is 9.04. The molecule has 0 saturated heterocycles. The van der Waals surface area contributed by atoms with Crippen LogP contribution < -0.4 is 16.0 Å². The normalized spacial score (nSPS) is 10.9. The maximum atomic E-state index is 13.8. The van der Waals surface area contributed by atoms with Crippen molar-refractivity contribution < 1.29 is 18.8 Å². The van der Waals surface area contributed by atoms with Crippen LogP contribution in [-0.4, -0.2) is 23.5 Å². The summed E-state index contributed by atoms with van der Waals surface area (Å²) >= 11 is 1.24. The molecule has 4 aromatic rings. The predicted octanol–water partition coefficient (Wildman–Crippen LogP) is 5.97. The van der Waals surface area contributed by atoms with Gasteiger partial charge in [-0.25, -0.2) is 4.39 Å². The molecule has 0 saturated carbocycles. The zero-order valence-electron chi connectivity index (χ0n) is 20.2. The van der Waals surface area contributed by atoms with Crippen molar-refractivity contribution in [3.63, 3.8) is 0 Å². The molecule has 0 heterocycles. The average Bonchev–Trinajstić information content (AvgIpc) is 2.94. The van der Waals surface area contributed by atoms with Gasteiger partial charge in [-0.15, -0.1) is 11.8 Å². The SMILES string of the molecule is O=C(CSc1cccc(NC(=O)/C(=C/c2ccccc2)NC(=O)c2ccccc2)c1)Nc1ccccc1F. The number of hydrogen-bond acceptors (Lipinski definition) is 4. The van der Waals surface area contributed by atoms with E-state index in [1.807, 2.05) is 30.3 Å². The van der Waals surface area contributed by atoms with Gasteiger partial charge in [0.05, 0.1) is 11.4 Å². The van der Waals surface area contributed by atoms with Gasteiger partial charge in [0, 0.05) is 16.1 Å². The maximum Gasteiger partial charge on any atom is 0.272 e. The molecule has 3 N–H and O–H groups in total. The Balaban J connectivity index is 1.43. The number of hydrogen-bond donors (Lipinski definition) is 3. The number of para-hydroxylation sites is 1. The molecule has 6 nitrogen and oxygen atoms in total. The molecule has 0 unspecified atom stereocenters. The molecule has 8 heteroatoms. The van der Waals surface area contributed by atoms with Crippen molar-refractivity contribution in [1.82, 2.24) is 5.32 Å². The summed E-state index contributed by atoms with van der Waals surface area (Å²) in [5.41, 5.74) is 1.85. The summed E-state index contributed by atoms with van der Waals surface area (Å²) in [4.78, 5) is 39.0. The van der Waals surface area contributed by atoms with Gasteiger partial charge in [0.2, 0.25) is 5.91 Å². The second-order valence-electron chi connectivity index (χ2n) is 8.09. The van der Waals surface area contributed by atoms with E-state index in [-0.39, 0.29) is 23.0 Å². The van der Waals surface area contributed by atoms with E-state index >= 15 is 0 Å². The topological polar surface area (TPSA) is 87.3 Å². The second kappa shape index (κ2) is 13.0. The second-order valence-corrected chi connectivity index (χ2v) is 9.14. The van der Waals surface area contributed by atoms with E-state index in [4.69, 9.17) is 0 Å². The highest BCUT2D eigenvalue weighted by Gasteiger charge is 2.15. The molecule has 0 spiro atoms. The van der Waals surface area contributed by atoms with E-state index < -0.39 is 17.6 Å². The highest BCUT2D eigenvalue weighted by Crippen LogP contribution is 2.23. The lowest BCUT2D eigenvalue weighted by atomic mass is 10.1. The Hall–Kier alpha value is -4.69. The van der Waals surface area contributed by atoms with Gasteiger partial charge in [-0.3, -0.25) is 14.4 Å². The maximum absolute atomic E-state index is 13.8. The van der Waals surface area contributed by atoms with Crippen molar-refractivity contribution in [2.24, 2.45) is 0 Å². The van der Waals surface area contributed by atoms with Crippen LogP contribution in [0.15, 0.2) is 120 Å². The first kappa shape index (κ1) is 26.4. The molecule has 3 amide bonds. The third-order valence-corrected chi connectivity index (χ3v) is 6.24. The summed E-state index contributed by atoms with van der Waals surface area (Å²) in [6, 6.07) is 30.7. The number of rotatable bonds is 9. The van der Waals surface area contributed by atoms with E-state index in [0.717, 1.165) is 10.5 Å². The predicted molar refractivity (Wildman–Crippen MR) is 149 cm³/mol. The zero-order valence-corrected chi connectivity index (χ0v) is 21.0. The number of carbonyl (C=O) groups excluding carboxylic acids is 3. The number of benzene rings is 4. The standard InChI is InChI=1S/C30H24FN3O3S/c31-25-16-7-8-17-26(25)33-28(35)20-38-24-15-9-14-23(19-24)32-30(37)27(18-21-10-3-1-4-11-21)34-29(36)22-12-5-2-6-13-22/h1-19H,20H2,(H,32,37)(H,33,35)(H,34,36)/b27-18-. The van der Waals surface area contributed by atoms with Gasteiger partial charge in [0.1, 0.15) is 11.5 Å². The Morgan fingerprint density at radius 1 is 0.763 bits per heavy atom. The van der Waals surface area contributed by atoms with Gasteiger partial charge in [0.15, 0.2) is 0 Å². The Morgan fingerprint density at radius 3 is 2.18 bits per heavy atom. The highest BCUT2D eigenvalue weighted by atomic mass is 32.2. The molecule has 4 aromatic carbocycles. The van der Waals surface area contributed by atoms with Crippen molar-refractivity contribution >= 4 is 46.9 Å². The van der Waals surface area contributed by atoms with Gasteiger partial charge in [-0.2, -0.15) is 0 Å². The van der Waals surface area contributed by atoms with Gasteiger partial charge < -0.3 is 16.0 Å². The summed E-state index contributed by atoms with van der Waals surface area (Å²) in [5.74, 6) is -1.72. The lowest BCUT2D eigenvalue weighted by Crippen LogP contribution is -2.30. The summed E-state index contributed by atoms with van der Waals surface area (Å²) in [6.45, 7) is 0. The first-order chi connectivity index (χ1) is 18.5. The van der Waals surface area contributed by atoms with Crippen molar-refractivity contribution in [2.75, 3.05) is 16.4 Å². The van der Waals surface area contributed by atoms with Gasteiger partial charge in [0.25, 0.3) is 11.8 Å². The van der Waals surface area contributed by atoms with Crippen molar-refractivity contribution in [2.45, 2.75) is 4.90 Å². The van der Waals surface area contributed by atoms with E-state index in [0.29, 0.717) is 11.3 Å². The van der Waals surface area contributed by atoms with Crippen LogP contribution in [0.3, 0.4) is 0 Å². The van der Waals surface area contributed by atoms with E-state index in [1.54, 1.807) is 72.8 Å². The van der Waals surface area contributed by atoms with Gasteiger partial charge in [-0.05, 0) is 54.1 Å². The van der Waals surface area contributed by atoms with Crippen LogP contribution in [0.5, 0.6) is 0 Å². The zero-order chi connectivity index (χ0) is 26.7. The minimum absolute atomic E-state index is 0.0536. The molecule has 0 aliphatic carbocycles. The van der Waals surface area contributed by atoms with E-state index in [1.165, 1.54) is 23.9 Å². The minimum Gasteiger partial charge on any atom is -0.323 e. The largest absolute Gasteiger partial charge is 0.323 e. The summed E-state index contributed by atoms with van der Waals surface area (Å²) in [5, 5.41) is 8.06. The molecule has 0 aliphatic rings. The number of thioether (sulfide) groups is 1. The molecule has 38 heavy (non-hydrogen) atoms. The Bertz CT molecular complexity index is 1460. The van der Waals surface area contributed by atoms with E-state index in [2.05, 4.69) is 16.0 Å². The monoisotopic (exact) mass is 525 g/mol. The molecule has 0 fully saturated rings. The highest BCUT2D eigenvalue weighted by molar-refractivity contribution is 8.00. The minimum atomic E-state index is -0.505. The van der Waals surface area contributed by atoms with Crippen molar-refractivity contribution in [3.05, 3.63) is 132 Å². The van der Waals surface area contributed by atoms with E-state index in [9.17, 15) is 18.8 Å². The van der Waals surface area contributed by atoms with Crippen LogP contribution in [0.25, 0.3) is 6.08 Å². The first-order valence-corrected chi connectivity index (χ1v) is 12.7. The fraction of sp³-hybridized carbons (Fsp3) is 0.0333. The summed E-state index contributed by atoms with van der Waals surface area (Å²) in [6.07, 6.45) is 1.60. The lowest BCUT2D eigenvalue weighted by molar-refractivity contribution is -0.114. The molecule has 0 aliphatic heterocycles. The van der Waals surface area contributed by atoms with Crippen LogP contribution in [0.1, 0.15) is 15.9 Å². The number of anilines is 2. The van der Waals surface area contributed by atoms with Crippen LogP contribution in [0.4, 0.5) is 15.8 Å². The van der Waals surface area contributed by atoms with Crippen LogP contribution >= 0.6 is 11.8 Å². The number of nitrogens with one attached hydrogen (secondary N) is 3. The first-order valence-electron chi connectivity index (χ1n) is 11.7. The van der Waals surface area contributed by atoms with Gasteiger partial charge >= 0.3 is 0 Å². The molecular formula is C30H24FN3O3S. The Labute approximate surface area is 224 Å². The van der Waals surface area contributed by atoms with Crippen LogP contribution in [0, 0.1) is 5.82 Å². The molecule has 4 rings (SSSR count). The fourth-order valence-electron chi connectivity index (χ4n) is 3.42. The number of halogens is 1. The molecular weight excluding hydrogens is 501 g/mol. The van der Waals surface area contributed by atoms with Crippen LogP contribution in [0.2, 0.25) is 0 Å². The summed E-state index contributed by atoms with van der Waals surface area (Å²) in [7, 11) is 0. The number of amides is 3. The molecule has 190 valence electrons. The third-order valence-electron chi connectivity index (χ3n) is 5.25. The molecule has 0 bridgehead atoms. The fourth-order valence-corrected chi connectivity index (χ4v) is 4.17. The molecule has 0 radical (unpaired) electrons. The average molecular weight is 526 g/mol. The molecule has 0 atom stereocenters. The van der Waals surface area contributed by atoms with Crippen molar-refractivity contribution in [3.8, 4) is 0 Å². The third kappa shape index (κ3) is 7.65. The van der Waals surface area contributed by atoms with Crippen LogP contribution in [-0.2, 0) is 9.59 Å².